The second kappa shape index (κ2) is 4.73. The average molecular weight is 241 g/mol. The number of amides is 2. The van der Waals surface area contributed by atoms with Crippen LogP contribution in [0.2, 0.25) is 0 Å². The summed E-state index contributed by atoms with van der Waals surface area (Å²) in [6, 6.07) is 0. The van der Waals surface area contributed by atoms with E-state index in [0.717, 1.165) is 4.90 Å². The molecule has 1 aliphatic heterocycles. The summed E-state index contributed by atoms with van der Waals surface area (Å²) in [5.74, 6) is -0.343. The standard InChI is InChI=1S/C11H18N2O4/c1-11(2,3)13(10(16)17)7-9(15)12-5-4-8(14)6-12/h4-7H2,1-3H3,(H,16,17)/p-1. The molecule has 1 saturated heterocycles. The molecule has 6 heteroatoms. The van der Waals surface area contributed by atoms with Crippen LogP contribution in [0, 0.1) is 0 Å². The molecular weight excluding hydrogens is 224 g/mol. The van der Waals surface area contributed by atoms with Crippen molar-refractivity contribution < 1.29 is 19.5 Å². The van der Waals surface area contributed by atoms with Gasteiger partial charge in [-0.05, 0) is 20.8 Å². The third-order valence-electron chi connectivity index (χ3n) is 2.70. The van der Waals surface area contributed by atoms with Crippen LogP contribution in [0.3, 0.4) is 0 Å². The normalized spacial score (nSPS) is 16.2. The summed E-state index contributed by atoms with van der Waals surface area (Å²) in [6.45, 7) is 5.26. The zero-order valence-corrected chi connectivity index (χ0v) is 10.4. The number of carbonyl (C=O) groups is 3. The van der Waals surface area contributed by atoms with Gasteiger partial charge in [-0.2, -0.15) is 0 Å². The zero-order valence-electron chi connectivity index (χ0n) is 10.4. The van der Waals surface area contributed by atoms with Crippen LogP contribution in [-0.4, -0.2) is 52.8 Å². The zero-order chi connectivity index (χ0) is 13.2. The van der Waals surface area contributed by atoms with Crippen LogP contribution in [0.15, 0.2) is 0 Å². The Bertz CT molecular complexity index is 346. The van der Waals surface area contributed by atoms with Gasteiger partial charge >= 0.3 is 0 Å². The van der Waals surface area contributed by atoms with E-state index in [1.54, 1.807) is 20.8 Å². The lowest BCUT2D eigenvalue weighted by Gasteiger charge is -2.38. The molecule has 0 N–H and O–H groups in total. The number of carbonyl (C=O) groups excluding carboxylic acids is 3. The van der Waals surface area contributed by atoms with Crippen molar-refractivity contribution in [2.45, 2.75) is 32.7 Å². The molecule has 1 rings (SSSR count). The minimum absolute atomic E-state index is 0.00843. The molecule has 0 aromatic rings. The molecule has 0 spiro atoms. The Morgan fingerprint density at radius 1 is 1.41 bits per heavy atom. The first-order chi connectivity index (χ1) is 7.71. The summed E-state index contributed by atoms with van der Waals surface area (Å²) in [7, 11) is 0. The highest BCUT2D eigenvalue weighted by Crippen LogP contribution is 2.14. The van der Waals surface area contributed by atoms with Gasteiger partial charge in [-0.3, -0.25) is 9.59 Å². The lowest BCUT2D eigenvalue weighted by Crippen LogP contribution is -2.55. The maximum atomic E-state index is 11.8. The molecule has 96 valence electrons. The van der Waals surface area contributed by atoms with Gasteiger partial charge in [0.05, 0.1) is 13.1 Å². The average Bonchev–Trinajstić information content (AvgIpc) is 2.58. The Kier molecular flexibility index (Phi) is 3.75. The predicted molar refractivity (Wildman–Crippen MR) is 58.1 cm³/mol. The third-order valence-corrected chi connectivity index (χ3v) is 2.70. The van der Waals surface area contributed by atoms with Crippen LogP contribution in [0.4, 0.5) is 4.79 Å². The molecule has 0 bridgehead atoms. The predicted octanol–water partition coefficient (Wildman–Crippen LogP) is -0.768. The molecule has 1 aliphatic rings. The number of nitrogens with zero attached hydrogens (tertiary/aromatic N) is 2. The molecule has 0 aromatic heterocycles. The number of hydrogen-bond acceptors (Lipinski definition) is 4. The van der Waals surface area contributed by atoms with Crippen molar-refractivity contribution in [3.63, 3.8) is 0 Å². The van der Waals surface area contributed by atoms with E-state index in [-0.39, 0.29) is 24.8 Å². The van der Waals surface area contributed by atoms with Gasteiger partial charge in [0.1, 0.15) is 6.09 Å². The van der Waals surface area contributed by atoms with Crippen molar-refractivity contribution in [2.24, 2.45) is 0 Å². The molecule has 0 aromatic carbocycles. The van der Waals surface area contributed by atoms with Gasteiger partial charge in [0.25, 0.3) is 0 Å². The number of rotatable bonds is 2. The topological polar surface area (TPSA) is 80.8 Å². The summed E-state index contributed by atoms with van der Waals surface area (Å²) >= 11 is 0. The highest BCUT2D eigenvalue weighted by atomic mass is 16.4. The van der Waals surface area contributed by atoms with Crippen molar-refractivity contribution in [1.29, 1.82) is 0 Å². The van der Waals surface area contributed by atoms with Crippen LogP contribution in [-0.2, 0) is 9.59 Å². The second-order valence-corrected chi connectivity index (χ2v) is 5.13. The highest BCUT2D eigenvalue weighted by molar-refractivity contribution is 5.90. The monoisotopic (exact) mass is 241 g/mol. The second-order valence-electron chi connectivity index (χ2n) is 5.13. The molecule has 0 atom stereocenters. The first-order valence-electron chi connectivity index (χ1n) is 5.50. The Labute approximate surface area is 100 Å². The molecule has 2 amide bonds. The van der Waals surface area contributed by atoms with Gasteiger partial charge < -0.3 is 19.7 Å². The molecule has 0 saturated carbocycles. The third kappa shape index (κ3) is 3.44. The Morgan fingerprint density at radius 2 is 2.00 bits per heavy atom. The van der Waals surface area contributed by atoms with Crippen LogP contribution in [0.25, 0.3) is 0 Å². The van der Waals surface area contributed by atoms with Crippen LogP contribution < -0.4 is 5.11 Å². The largest absolute Gasteiger partial charge is 0.530 e. The number of hydrogen-bond donors (Lipinski definition) is 0. The lowest BCUT2D eigenvalue weighted by molar-refractivity contribution is -0.270. The van der Waals surface area contributed by atoms with E-state index in [1.165, 1.54) is 4.90 Å². The molecule has 1 fully saturated rings. The van der Waals surface area contributed by atoms with Gasteiger partial charge in [0.15, 0.2) is 5.78 Å². The number of likely N-dealkylation sites (tertiary alicyclic amines) is 1. The number of Topliss-reactive ketones (excluding diaryl/α,β-unsaturated/α-hetero) is 1. The fourth-order valence-corrected chi connectivity index (χ4v) is 1.65. The SMILES string of the molecule is CC(C)(C)N(CC(=O)N1CCC(=O)C1)C(=O)[O-]. The lowest BCUT2D eigenvalue weighted by atomic mass is 10.1. The first-order valence-corrected chi connectivity index (χ1v) is 5.50. The molecule has 0 radical (unpaired) electrons. The molecule has 6 nitrogen and oxygen atoms in total. The molecule has 0 unspecified atom stereocenters. The summed E-state index contributed by atoms with van der Waals surface area (Å²) in [5.41, 5.74) is -0.696. The van der Waals surface area contributed by atoms with E-state index in [4.69, 9.17) is 0 Å². The van der Waals surface area contributed by atoms with Gasteiger partial charge in [-0.25, -0.2) is 0 Å². The Morgan fingerprint density at radius 3 is 2.35 bits per heavy atom. The summed E-state index contributed by atoms with van der Waals surface area (Å²) in [5, 5.41) is 10.9. The van der Waals surface area contributed by atoms with Crippen molar-refractivity contribution in [2.75, 3.05) is 19.6 Å². The van der Waals surface area contributed by atoms with Gasteiger partial charge in [0.2, 0.25) is 5.91 Å². The molecule has 17 heavy (non-hydrogen) atoms. The van der Waals surface area contributed by atoms with Crippen LogP contribution in [0.5, 0.6) is 0 Å². The molecular formula is C11H17N2O4-. The number of carboxylic acid groups (broad SMARTS) is 1. The van der Waals surface area contributed by atoms with E-state index in [0.29, 0.717) is 13.0 Å². The van der Waals surface area contributed by atoms with Gasteiger partial charge in [0, 0.05) is 18.5 Å². The molecule has 1 heterocycles. The summed E-state index contributed by atoms with van der Waals surface area (Å²) < 4.78 is 0. The van der Waals surface area contributed by atoms with E-state index < -0.39 is 11.6 Å². The van der Waals surface area contributed by atoms with E-state index in [9.17, 15) is 19.5 Å². The van der Waals surface area contributed by atoms with Crippen LogP contribution in [0.1, 0.15) is 27.2 Å². The maximum absolute atomic E-state index is 11.8. The smallest absolute Gasteiger partial charge is 0.242 e. The highest BCUT2D eigenvalue weighted by Gasteiger charge is 2.29. The van der Waals surface area contributed by atoms with Crippen molar-refractivity contribution in [3.8, 4) is 0 Å². The minimum Gasteiger partial charge on any atom is -0.530 e. The van der Waals surface area contributed by atoms with E-state index in [1.807, 2.05) is 0 Å². The van der Waals surface area contributed by atoms with Crippen molar-refractivity contribution in [3.05, 3.63) is 0 Å². The fraction of sp³-hybridized carbons (Fsp3) is 0.727. The summed E-state index contributed by atoms with van der Waals surface area (Å²) in [4.78, 5) is 36.1. The maximum Gasteiger partial charge on any atom is 0.242 e. The van der Waals surface area contributed by atoms with Crippen molar-refractivity contribution >= 4 is 17.8 Å². The fourth-order valence-electron chi connectivity index (χ4n) is 1.65. The van der Waals surface area contributed by atoms with E-state index >= 15 is 0 Å². The van der Waals surface area contributed by atoms with Gasteiger partial charge in [-0.1, -0.05) is 0 Å². The number of ketones is 1. The first kappa shape index (κ1) is 13.5. The Balaban J connectivity index is 2.65. The molecule has 0 aliphatic carbocycles. The summed E-state index contributed by atoms with van der Waals surface area (Å²) in [6.07, 6.45) is -1.02. The van der Waals surface area contributed by atoms with E-state index in [2.05, 4.69) is 0 Å². The quantitative estimate of drug-likeness (QED) is 0.636. The van der Waals surface area contributed by atoms with Crippen LogP contribution >= 0.6 is 0 Å². The minimum atomic E-state index is -1.38. The van der Waals surface area contributed by atoms with Gasteiger partial charge in [-0.15, -0.1) is 0 Å². The Hall–Kier alpha value is -1.59. The van der Waals surface area contributed by atoms with Crippen molar-refractivity contribution in [1.82, 2.24) is 9.80 Å².